The summed E-state index contributed by atoms with van der Waals surface area (Å²) in [5.74, 6) is 1.16. The van der Waals surface area contributed by atoms with Gasteiger partial charge < -0.3 is 19.7 Å². The van der Waals surface area contributed by atoms with Gasteiger partial charge in [0.05, 0.1) is 14.2 Å². The van der Waals surface area contributed by atoms with Gasteiger partial charge in [-0.15, -0.1) is 0 Å². The number of hydrogen-bond acceptors (Lipinski definition) is 4. The number of carbonyl (C=O) groups excluding carboxylic acids is 1. The Labute approximate surface area is 139 Å². The van der Waals surface area contributed by atoms with Crippen molar-refractivity contribution in [2.45, 2.75) is 32.1 Å². The highest BCUT2D eigenvalue weighted by molar-refractivity contribution is 5.95. The maximum absolute atomic E-state index is 12.3. The summed E-state index contributed by atoms with van der Waals surface area (Å²) >= 11 is 0. The van der Waals surface area contributed by atoms with Crippen LogP contribution in [-0.4, -0.2) is 51.2 Å². The average molecular weight is 320 g/mol. The second-order valence-corrected chi connectivity index (χ2v) is 5.97. The highest BCUT2D eigenvalue weighted by Crippen LogP contribution is 2.22. The summed E-state index contributed by atoms with van der Waals surface area (Å²) < 4.78 is 10.4. The molecular weight excluding hydrogens is 292 g/mol. The highest BCUT2D eigenvalue weighted by Gasteiger charge is 2.11. The van der Waals surface area contributed by atoms with Crippen LogP contribution in [0.25, 0.3) is 0 Å². The van der Waals surface area contributed by atoms with Gasteiger partial charge in [-0.1, -0.05) is 12.8 Å². The molecule has 1 fully saturated rings. The van der Waals surface area contributed by atoms with Crippen LogP contribution in [0.2, 0.25) is 0 Å². The molecule has 2 rings (SSSR count). The van der Waals surface area contributed by atoms with Crippen molar-refractivity contribution in [1.29, 1.82) is 0 Å². The molecule has 0 aliphatic carbocycles. The van der Waals surface area contributed by atoms with Crippen LogP contribution in [0.3, 0.4) is 0 Å². The van der Waals surface area contributed by atoms with E-state index in [2.05, 4.69) is 10.2 Å². The summed E-state index contributed by atoms with van der Waals surface area (Å²) in [6.07, 6.45) is 6.29. The van der Waals surface area contributed by atoms with E-state index in [1.807, 2.05) is 0 Å². The first-order chi connectivity index (χ1) is 11.2. The minimum Gasteiger partial charge on any atom is -0.497 e. The lowest BCUT2D eigenvalue weighted by Gasteiger charge is -2.19. The van der Waals surface area contributed by atoms with Gasteiger partial charge in [-0.3, -0.25) is 4.79 Å². The molecule has 0 bridgehead atoms. The summed E-state index contributed by atoms with van der Waals surface area (Å²) in [7, 11) is 3.16. The van der Waals surface area contributed by atoms with Crippen LogP contribution in [0.1, 0.15) is 42.5 Å². The van der Waals surface area contributed by atoms with Crippen molar-refractivity contribution in [3.8, 4) is 11.5 Å². The molecule has 23 heavy (non-hydrogen) atoms. The molecule has 1 amide bonds. The van der Waals surface area contributed by atoms with E-state index in [0.717, 1.165) is 13.0 Å². The van der Waals surface area contributed by atoms with E-state index in [1.54, 1.807) is 32.4 Å². The molecule has 0 unspecified atom stereocenters. The monoisotopic (exact) mass is 320 g/mol. The molecule has 1 aromatic carbocycles. The first-order valence-electron chi connectivity index (χ1n) is 8.46. The van der Waals surface area contributed by atoms with Crippen LogP contribution in [0, 0.1) is 0 Å². The molecule has 5 nitrogen and oxygen atoms in total. The number of nitrogens with zero attached hydrogens (tertiary/aromatic N) is 1. The normalized spacial score (nSPS) is 15.7. The molecule has 0 atom stereocenters. The number of amides is 1. The lowest BCUT2D eigenvalue weighted by atomic mass is 10.2. The van der Waals surface area contributed by atoms with Gasteiger partial charge in [0.15, 0.2) is 0 Å². The van der Waals surface area contributed by atoms with E-state index >= 15 is 0 Å². The standard InChI is InChI=1S/C18H28N2O3/c1-22-16-12-15(13-17(14-16)23-2)18(21)19-8-7-11-20-9-5-3-4-6-10-20/h12-14H,3-11H2,1-2H3,(H,19,21). The third kappa shape index (κ3) is 5.75. The number of ether oxygens (including phenoxy) is 2. The lowest BCUT2D eigenvalue weighted by molar-refractivity contribution is 0.0951. The first kappa shape index (κ1) is 17.6. The SMILES string of the molecule is COc1cc(OC)cc(C(=O)NCCCN2CCCCCC2)c1. The molecule has 1 heterocycles. The number of likely N-dealkylation sites (tertiary alicyclic amines) is 1. The van der Waals surface area contributed by atoms with E-state index in [9.17, 15) is 4.79 Å². The van der Waals surface area contributed by atoms with Crippen LogP contribution in [0.5, 0.6) is 11.5 Å². The third-order valence-corrected chi connectivity index (χ3v) is 4.25. The zero-order chi connectivity index (χ0) is 16.5. The number of nitrogens with one attached hydrogen (secondary N) is 1. The largest absolute Gasteiger partial charge is 0.497 e. The molecule has 1 N–H and O–H groups in total. The van der Waals surface area contributed by atoms with Crippen LogP contribution in [0.4, 0.5) is 0 Å². The Bertz CT molecular complexity index is 475. The molecule has 0 spiro atoms. The molecule has 0 saturated carbocycles. The lowest BCUT2D eigenvalue weighted by Crippen LogP contribution is -2.30. The van der Waals surface area contributed by atoms with Gasteiger partial charge in [0.1, 0.15) is 11.5 Å². The van der Waals surface area contributed by atoms with Gasteiger partial charge >= 0.3 is 0 Å². The van der Waals surface area contributed by atoms with Crippen molar-refractivity contribution in [3.05, 3.63) is 23.8 Å². The highest BCUT2D eigenvalue weighted by atomic mass is 16.5. The van der Waals surface area contributed by atoms with E-state index in [0.29, 0.717) is 23.6 Å². The number of benzene rings is 1. The fraction of sp³-hybridized carbons (Fsp3) is 0.611. The maximum Gasteiger partial charge on any atom is 0.251 e. The molecule has 5 heteroatoms. The average Bonchev–Trinajstić information content (AvgIpc) is 2.86. The van der Waals surface area contributed by atoms with E-state index < -0.39 is 0 Å². The minimum absolute atomic E-state index is 0.0851. The molecular formula is C18H28N2O3. The van der Waals surface area contributed by atoms with Gasteiger partial charge in [-0.25, -0.2) is 0 Å². The topological polar surface area (TPSA) is 50.8 Å². The molecule has 1 saturated heterocycles. The van der Waals surface area contributed by atoms with Crippen LogP contribution in [0.15, 0.2) is 18.2 Å². The molecule has 128 valence electrons. The predicted octanol–water partition coefficient (Wildman–Crippen LogP) is 2.70. The summed E-state index contributed by atoms with van der Waals surface area (Å²) in [5, 5.41) is 2.98. The molecule has 0 radical (unpaired) electrons. The maximum atomic E-state index is 12.3. The zero-order valence-electron chi connectivity index (χ0n) is 14.3. The molecule has 1 aliphatic rings. The first-order valence-corrected chi connectivity index (χ1v) is 8.46. The zero-order valence-corrected chi connectivity index (χ0v) is 14.3. The van der Waals surface area contributed by atoms with E-state index in [1.165, 1.54) is 38.8 Å². The molecule has 1 aromatic rings. The summed E-state index contributed by atoms with van der Waals surface area (Å²) in [5.41, 5.74) is 0.566. The van der Waals surface area contributed by atoms with Crippen LogP contribution >= 0.6 is 0 Å². The second kappa shape index (κ2) is 9.40. The second-order valence-electron chi connectivity index (χ2n) is 5.97. The van der Waals surface area contributed by atoms with Gasteiger partial charge in [-0.2, -0.15) is 0 Å². The van der Waals surface area contributed by atoms with Crippen LogP contribution in [-0.2, 0) is 0 Å². The van der Waals surface area contributed by atoms with Crippen LogP contribution < -0.4 is 14.8 Å². The number of methoxy groups -OCH3 is 2. The molecule has 1 aliphatic heterocycles. The Kier molecular flexibility index (Phi) is 7.20. The smallest absolute Gasteiger partial charge is 0.251 e. The summed E-state index contributed by atoms with van der Waals surface area (Å²) in [4.78, 5) is 14.8. The number of rotatable bonds is 7. The minimum atomic E-state index is -0.0851. The van der Waals surface area contributed by atoms with Gasteiger partial charge in [0.25, 0.3) is 5.91 Å². The van der Waals surface area contributed by atoms with Crippen molar-refractivity contribution in [1.82, 2.24) is 10.2 Å². The quantitative estimate of drug-likeness (QED) is 0.785. The Hall–Kier alpha value is -1.75. The fourth-order valence-electron chi connectivity index (χ4n) is 2.90. The third-order valence-electron chi connectivity index (χ3n) is 4.25. The Morgan fingerprint density at radius 1 is 1.04 bits per heavy atom. The fourth-order valence-corrected chi connectivity index (χ4v) is 2.90. The van der Waals surface area contributed by atoms with Crippen molar-refractivity contribution in [3.63, 3.8) is 0 Å². The van der Waals surface area contributed by atoms with Crippen molar-refractivity contribution in [2.75, 3.05) is 40.4 Å². The summed E-state index contributed by atoms with van der Waals surface area (Å²) in [6, 6.07) is 5.22. The van der Waals surface area contributed by atoms with E-state index in [4.69, 9.17) is 9.47 Å². The Balaban J connectivity index is 1.78. The van der Waals surface area contributed by atoms with E-state index in [-0.39, 0.29) is 5.91 Å². The van der Waals surface area contributed by atoms with Crippen molar-refractivity contribution >= 4 is 5.91 Å². The van der Waals surface area contributed by atoms with Crippen molar-refractivity contribution < 1.29 is 14.3 Å². The Morgan fingerprint density at radius 2 is 1.65 bits per heavy atom. The van der Waals surface area contributed by atoms with Gasteiger partial charge in [-0.05, 0) is 51.0 Å². The predicted molar refractivity (Wildman–Crippen MR) is 91.4 cm³/mol. The number of hydrogen-bond donors (Lipinski definition) is 1. The van der Waals surface area contributed by atoms with Gasteiger partial charge in [0, 0.05) is 18.2 Å². The summed E-state index contributed by atoms with van der Waals surface area (Å²) in [6.45, 7) is 4.14. The van der Waals surface area contributed by atoms with Crippen molar-refractivity contribution in [2.24, 2.45) is 0 Å². The Morgan fingerprint density at radius 3 is 2.22 bits per heavy atom. The molecule has 0 aromatic heterocycles. The van der Waals surface area contributed by atoms with Gasteiger partial charge in [0.2, 0.25) is 0 Å². The number of carbonyl (C=O) groups is 1.